The second kappa shape index (κ2) is 6.01. The van der Waals surface area contributed by atoms with E-state index in [4.69, 9.17) is 10.8 Å². The molecule has 0 aliphatic rings. The number of rotatable bonds is 5. The van der Waals surface area contributed by atoms with Crippen molar-refractivity contribution < 1.29 is 9.90 Å². The van der Waals surface area contributed by atoms with E-state index in [0.29, 0.717) is 23.0 Å². The fraction of sp³-hybridized carbons (Fsp3) is 0.636. The Labute approximate surface area is 111 Å². The van der Waals surface area contributed by atoms with E-state index in [1.54, 1.807) is 0 Å². The number of carbonyl (C=O) groups excluding carboxylic acids is 1. The van der Waals surface area contributed by atoms with Crippen molar-refractivity contribution in [3.8, 4) is 0 Å². The van der Waals surface area contributed by atoms with E-state index in [1.807, 2.05) is 20.8 Å². The van der Waals surface area contributed by atoms with Crippen molar-refractivity contribution in [1.82, 2.24) is 10.3 Å². The zero-order chi connectivity index (χ0) is 13.8. The quantitative estimate of drug-likeness (QED) is 0.600. The number of aliphatic hydroxyl groups is 1. The molecule has 1 heterocycles. The monoisotopic (exact) mass is 272 g/mol. The Bertz CT molecular complexity index is 412. The average Bonchev–Trinajstić information content (AvgIpc) is 2.57. The Balaban J connectivity index is 2.69. The maximum atomic E-state index is 11.8. The molecule has 1 aromatic rings. The molecule has 0 saturated heterocycles. The molecule has 0 unspecified atom stereocenters. The number of anilines is 2. The summed E-state index contributed by atoms with van der Waals surface area (Å²) in [7, 11) is 0. The number of thiazole rings is 1. The minimum absolute atomic E-state index is 0.0509. The van der Waals surface area contributed by atoms with Crippen LogP contribution >= 0.6 is 11.3 Å². The molecular weight excluding hydrogens is 252 g/mol. The molecule has 0 radical (unpaired) electrons. The van der Waals surface area contributed by atoms with Crippen molar-refractivity contribution in [3.63, 3.8) is 0 Å². The number of aromatic nitrogens is 1. The second-order valence-electron chi connectivity index (χ2n) is 4.94. The van der Waals surface area contributed by atoms with Gasteiger partial charge in [-0.05, 0) is 27.2 Å². The molecule has 102 valence electrons. The Morgan fingerprint density at radius 2 is 2.17 bits per heavy atom. The highest BCUT2D eigenvalue weighted by Gasteiger charge is 2.18. The molecule has 1 amide bonds. The first-order valence-electron chi connectivity index (χ1n) is 5.77. The van der Waals surface area contributed by atoms with E-state index in [1.165, 1.54) is 11.3 Å². The Hall–Kier alpha value is -1.34. The summed E-state index contributed by atoms with van der Waals surface area (Å²) in [6.07, 6.45) is 0.525. The van der Waals surface area contributed by atoms with Gasteiger partial charge in [0.1, 0.15) is 10.7 Å². The Morgan fingerprint density at radius 1 is 1.50 bits per heavy atom. The van der Waals surface area contributed by atoms with Gasteiger partial charge in [0.05, 0.1) is 0 Å². The van der Waals surface area contributed by atoms with Crippen molar-refractivity contribution in [2.45, 2.75) is 32.7 Å². The molecule has 0 aliphatic carbocycles. The topological polar surface area (TPSA) is 100 Å². The third-order valence-corrected chi connectivity index (χ3v) is 2.95. The highest BCUT2D eigenvalue weighted by molar-refractivity contribution is 7.18. The van der Waals surface area contributed by atoms with E-state index in [0.717, 1.165) is 0 Å². The number of amides is 1. The lowest BCUT2D eigenvalue weighted by molar-refractivity contribution is 0.0956. The predicted molar refractivity (Wildman–Crippen MR) is 73.9 cm³/mol. The van der Waals surface area contributed by atoms with Gasteiger partial charge in [-0.2, -0.15) is 0 Å². The van der Waals surface area contributed by atoms with Gasteiger partial charge in [0.15, 0.2) is 5.13 Å². The SMILES string of the molecule is CC(C)(C)Nc1nc(N)c(C(=O)NCCCO)s1. The lowest BCUT2D eigenvalue weighted by Gasteiger charge is -2.19. The van der Waals surface area contributed by atoms with Crippen LogP contribution in [0, 0.1) is 0 Å². The van der Waals surface area contributed by atoms with E-state index in [-0.39, 0.29) is 23.9 Å². The third kappa shape index (κ3) is 4.50. The lowest BCUT2D eigenvalue weighted by atomic mass is 10.1. The standard InChI is InChI=1S/C11H20N4O2S/c1-11(2,3)15-10-14-8(12)7(18-10)9(17)13-5-4-6-16/h16H,4-6,12H2,1-3H3,(H,13,17)(H,14,15). The molecule has 7 heteroatoms. The van der Waals surface area contributed by atoms with Gasteiger partial charge in [-0.3, -0.25) is 4.79 Å². The molecule has 0 aromatic carbocycles. The van der Waals surface area contributed by atoms with E-state index < -0.39 is 0 Å². The van der Waals surface area contributed by atoms with Crippen molar-refractivity contribution >= 4 is 28.2 Å². The van der Waals surface area contributed by atoms with Crippen LogP contribution in [0.4, 0.5) is 10.9 Å². The summed E-state index contributed by atoms with van der Waals surface area (Å²) in [4.78, 5) is 16.3. The second-order valence-corrected chi connectivity index (χ2v) is 5.94. The van der Waals surface area contributed by atoms with Gasteiger partial charge in [0.2, 0.25) is 0 Å². The summed E-state index contributed by atoms with van der Waals surface area (Å²) in [6.45, 7) is 6.49. The fourth-order valence-electron chi connectivity index (χ4n) is 1.23. The first-order chi connectivity index (χ1) is 8.33. The average molecular weight is 272 g/mol. The van der Waals surface area contributed by atoms with Crippen LogP contribution in [0.3, 0.4) is 0 Å². The Kier molecular flexibility index (Phi) is 4.92. The highest BCUT2D eigenvalue weighted by atomic mass is 32.1. The van der Waals surface area contributed by atoms with E-state index in [9.17, 15) is 4.79 Å². The first kappa shape index (κ1) is 14.7. The van der Waals surface area contributed by atoms with E-state index >= 15 is 0 Å². The van der Waals surface area contributed by atoms with Gasteiger partial charge >= 0.3 is 0 Å². The van der Waals surface area contributed by atoms with Gasteiger partial charge in [0, 0.05) is 18.7 Å². The molecule has 0 atom stereocenters. The molecule has 0 bridgehead atoms. The van der Waals surface area contributed by atoms with Gasteiger partial charge in [-0.25, -0.2) is 4.98 Å². The molecule has 0 aliphatic heterocycles. The van der Waals surface area contributed by atoms with Gasteiger partial charge < -0.3 is 21.5 Å². The smallest absolute Gasteiger partial charge is 0.265 e. The van der Waals surface area contributed by atoms with Crippen LogP contribution < -0.4 is 16.4 Å². The minimum Gasteiger partial charge on any atom is -0.396 e. The summed E-state index contributed by atoms with van der Waals surface area (Å²) in [5.74, 6) is -0.0198. The van der Waals surface area contributed by atoms with Gasteiger partial charge in [-0.15, -0.1) is 0 Å². The summed E-state index contributed by atoms with van der Waals surface area (Å²) in [5, 5.41) is 15.1. The fourth-order valence-corrected chi connectivity index (χ4v) is 2.24. The molecule has 0 saturated carbocycles. The number of nitrogens with two attached hydrogens (primary N) is 1. The minimum atomic E-state index is -0.250. The maximum absolute atomic E-state index is 11.8. The lowest BCUT2D eigenvalue weighted by Crippen LogP contribution is -2.25. The normalized spacial score (nSPS) is 11.3. The molecule has 0 fully saturated rings. The zero-order valence-electron chi connectivity index (χ0n) is 10.9. The van der Waals surface area contributed by atoms with Crippen molar-refractivity contribution in [3.05, 3.63) is 4.88 Å². The highest BCUT2D eigenvalue weighted by Crippen LogP contribution is 2.26. The summed E-state index contributed by atoms with van der Waals surface area (Å²) >= 11 is 1.23. The van der Waals surface area contributed by atoms with Crippen LogP contribution in [0.25, 0.3) is 0 Å². The molecule has 5 N–H and O–H groups in total. The number of nitrogens with one attached hydrogen (secondary N) is 2. The van der Waals surface area contributed by atoms with Crippen molar-refractivity contribution in [1.29, 1.82) is 0 Å². The van der Waals surface area contributed by atoms with Gasteiger partial charge in [0.25, 0.3) is 5.91 Å². The first-order valence-corrected chi connectivity index (χ1v) is 6.58. The molecule has 18 heavy (non-hydrogen) atoms. The Morgan fingerprint density at radius 3 is 2.72 bits per heavy atom. The van der Waals surface area contributed by atoms with Crippen molar-refractivity contribution in [2.75, 3.05) is 24.2 Å². The van der Waals surface area contributed by atoms with Crippen LogP contribution in [-0.2, 0) is 0 Å². The molecule has 6 nitrogen and oxygen atoms in total. The summed E-state index contributed by atoms with van der Waals surface area (Å²) in [5.41, 5.74) is 5.58. The molecule has 1 rings (SSSR count). The van der Waals surface area contributed by atoms with Crippen LogP contribution in [0.1, 0.15) is 36.9 Å². The zero-order valence-corrected chi connectivity index (χ0v) is 11.7. The number of hydrogen-bond donors (Lipinski definition) is 4. The number of nitrogen functional groups attached to an aromatic ring is 1. The largest absolute Gasteiger partial charge is 0.396 e. The maximum Gasteiger partial charge on any atom is 0.265 e. The molecular formula is C11H20N4O2S. The molecule has 1 aromatic heterocycles. The number of carbonyl (C=O) groups is 1. The summed E-state index contributed by atoms with van der Waals surface area (Å²) < 4.78 is 0. The summed E-state index contributed by atoms with van der Waals surface area (Å²) in [6, 6.07) is 0. The predicted octanol–water partition coefficient (Wildman–Crippen LogP) is 1.05. The number of aliphatic hydroxyl groups excluding tert-OH is 1. The third-order valence-electron chi connectivity index (χ3n) is 1.96. The number of hydrogen-bond acceptors (Lipinski definition) is 6. The molecule has 0 spiro atoms. The number of nitrogens with zero attached hydrogens (tertiary/aromatic N) is 1. The van der Waals surface area contributed by atoms with Crippen LogP contribution in [0.2, 0.25) is 0 Å². The van der Waals surface area contributed by atoms with Crippen LogP contribution in [0.15, 0.2) is 0 Å². The van der Waals surface area contributed by atoms with E-state index in [2.05, 4.69) is 15.6 Å². The van der Waals surface area contributed by atoms with Crippen LogP contribution in [-0.4, -0.2) is 34.7 Å². The van der Waals surface area contributed by atoms with Crippen molar-refractivity contribution in [2.24, 2.45) is 0 Å². The van der Waals surface area contributed by atoms with Crippen LogP contribution in [0.5, 0.6) is 0 Å². The van der Waals surface area contributed by atoms with Gasteiger partial charge in [-0.1, -0.05) is 11.3 Å².